The lowest BCUT2D eigenvalue weighted by atomic mass is 10.1. The maximum absolute atomic E-state index is 12.5. The van der Waals surface area contributed by atoms with E-state index in [2.05, 4.69) is 15.8 Å². The highest BCUT2D eigenvalue weighted by Gasteiger charge is 2.24. The molecule has 1 heterocycles. The SMILES string of the molecule is COC(=O)C(Cc1cn(C(C)=O)c2ccccc12)NC(=O)Nc1ccc(C=NO)cc1. The van der Waals surface area contributed by atoms with Crippen molar-refractivity contribution in [1.82, 2.24) is 9.88 Å². The van der Waals surface area contributed by atoms with E-state index in [-0.39, 0.29) is 12.3 Å². The van der Waals surface area contributed by atoms with Crippen molar-refractivity contribution >= 4 is 40.7 Å². The van der Waals surface area contributed by atoms with Gasteiger partial charge in [0, 0.05) is 30.6 Å². The minimum Gasteiger partial charge on any atom is -0.467 e. The van der Waals surface area contributed by atoms with Crippen LogP contribution in [0.1, 0.15) is 22.8 Å². The number of aromatic nitrogens is 1. The number of esters is 1. The molecule has 1 unspecified atom stereocenters. The van der Waals surface area contributed by atoms with Crippen LogP contribution in [0.15, 0.2) is 59.9 Å². The summed E-state index contributed by atoms with van der Waals surface area (Å²) >= 11 is 0. The molecule has 0 bridgehead atoms. The number of urea groups is 1. The number of rotatable bonds is 6. The van der Waals surface area contributed by atoms with Crippen molar-refractivity contribution in [1.29, 1.82) is 0 Å². The Hall–Kier alpha value is -4.14. The average Bonchev–Trinajstić information content (AvgIpc) is 3.13. The Balaban J connectivity index is 1.78. The van der Waals surface area contributed by atoms with Crippen LogP contribution < -0.4 is 10.6 Å². The molecule has 1 aromatic heterocycles. The fourth-order valence-electron chi connectivity index (χ4n) is 3.27. The molecule has 3 N–H and O–H groups in total. The summed E-state index contributed by atoms with van der Waals surface area (Å²) in [6.07, 6.45) is 3.07. The number of fused-ring (bicyclic) bond motifs is 1. The number of carbonyl (C=O) groups excluding carboxylic acids is 3. The second-order valence-electron chi connectivity index (χ2n) is 6.81. The summed E-state index contributed by atoms with van der Waals surface area (Å²) in [5, 5.41) is 17.6. The van der Waals surface area contributed by atoms with Gasteiger partial charge in [-0.15, -0.1) is 0 Å². The van der Waals surface area contributed by atoms with Crippen molar-refractivity contribution in [3.63, 3.8) is 0 Å². The smallest absolute Gasteiger partial charge is 0.328 e. The highest BCUT2D eigenvalue weighted by atomic mass is 16.5. The largest absolute Gasteiger partial charge is 0.467 e. The first kappa shape index (κ1) is 21.6. The number of ether oxygens (including phenoxy) is 1. The van der Waals surface area contributed by atoms with E-state index in [4.69, 9.17) is 9.94 Å². The zero-order chi connectivity index (χ0) is 22.4. The number of anilines is 1. The number of oxime groups is 1. The highest BCUT2D eigenvalue weighted by Crippen LogP contribution is 2.23. The van der Waals surface area contributed by atoms with E-state index in [1.807, 2.05) is 24.3 Å². The number of hydrogen-bond acceptors (Lipinski definition) is 6. The molecule has 2 amide bonds. The van der Waals surface area contributed by atoms with Crippen LogP contribution in [-0.2, 0) is 16.0 Å². The van der Waals surface area contributed by atoms with Gasteiger partial charge < -0.3 is 20.6 Å². The summed E-state index contributed by atoms with van der Waals surface area (Å²) in [5.41, 5.74) is 2.60. The second kappa shape index (κ2) is 9.57. The number of nitrogens with one attached hydrogen (secondary N) is 2. The van der Waals surface area contributed by atoms with Crippen LogP contribution in [0, 0.1) is 0 Å². The van der Waals surface area contributed by atoms with Gasteiger partial charge in [0.1, 0.15) is 6.04 Å². The Morgan fingerprint density at radius 3 is 2.52 bits per heavy atom. The van der Waals surface area contributed by atoms with E-state index >= 15 is 0 Å². The van der Waals surface area contributed by atoms with Crippen LogP contribution >= 0.6 is 0 Å². The van der Waals surface area contributed by atoms with Crippen LogP contribution in [0.4, 0.5) is 10.5 Å². The van der Waals surface area contributed by atoms with Gasteiger partial charge in [-0.05, 0) is 29.3 Å². The van der Waals surface area contributed by atoms with Gasteiger partial charge in [-0.3, -0.25) is 9.36 Å². The van der Waals surface area contributed by atoms with Crippen molar-refractivity contribution in [2.45, 2.75) is 19.4 Å². The first-order valence-corrected chi connectivity index (χ1v) is 9.45. The molecule has 3 aromatic rings. The number of hydrogen-bond donors (Lipinski definition) is 3. The number of para-hydroxylation sites is 1. The predicted molar refractivity (Wildman–Crippen MR) is 116 cm³/mol. The highest BCUT2D eigenvalue weighted by molar-refractivity contribution is 5.95. The van der Waals surface area contributed by atoms with Crippen LogP contribution in [0.5, 0.6) is 0 Å². The Kier molecular flexibility index (Phi) is 6.66. The summed E-state index contributed by atoms with van der Waals surface area (Å²) in [4.78, 5) is 36.8. The average molecular weight is 422 g/mol. The lowest BCUT2D eigenvalue weighted by Gasteiger charge is -2.17. The first-order chi connectivity index (χ1) is 14.9. The molecule has 0 aliphatic carbocycles. The molecule has 0 spiro atoms. The quantitative estimate of drug-likeness (QED) is 0.244. The van der Waals surface area contributed by atoms with Gasteiger partial charge in [-0.2, -0.15) is 0 Å². The Morgan fingerprint density at radius 2 is 1.87 bits per heavy atom. The molecule has 2 aromatic carbocycles. The van der Waals surface area contributed by atoms with Gasteiger partial charge in [0.2, 0.25) is 5.91 Å². The van der Waals surface area contributed by atoms with Crippen molar-refractivity contribution in [2.75, 3.05) is 12.4 Å². The molecular formula is C22H22N4O5. The number of nitrogens with zero attached hydrogens (tertiary/aromatic N) is 2. The second-order valence-corrected chi connectivity index (χ2v) is 6.81. The first-order valence-electron chi connectivity index (χ1n) is 9.45. The monoisotopic (exact) mass is 422 g/mol. The van der Waals surface area contributed by atoms with Gasteiger partial charge in [-0.25, -0.2) is 9.59 Å². The summed E-state index contributed by atoms with van der Waals surface area (Å²) in [5.74, 6) is -0.762. The van der Waals surface area contributed by atoms with Gasteiger partial charge in [0.15, 0.2) is 0 Å². The van der Waals surface area contributed by atoms with E-state index in [1.165, 1.54) is 24.8 Å². The number of methoxy groups -OCH3 is 1. The van der Waals surface area contributed by atoms with Crippen LogP contribution in [0.3, 0.4) is 0 Å². The topological polar surface area (TPSA) is 122 Å². The maximum atomic E-state index is 12.5. The molecular weight excluding hydrogens is 400 g/mol. The minimum atomic E-state index is -0.961. The van der Waals surface area contributed by atoms with Crippen molar-refractivity contribution in [3.8, 4) is 0 Å². The summed E-state index contributed by atoms with van der Waals surface area (Å²) in [6, 6.07) is 12.4. The molecule has 0 saturated heterocycles. The number of amides is 2. The normalized spacial score (nSPS) is 11.9. The van der Waals surface area contributed by atoms with E-state index in [9.17, 15) is 14.4 Å². The number of benzene rings is 2. The molecule has 9 nitrogen and oxygen atoms in total. The van der Waals surface area contributed by atoms with Crippen molar-refractivity contribution in [2.24, 2.45) is 5.16 Å². The summed E-state index contributed by atoms with van der Waals surface area (Å²) in [7, 11) is 1.25. The molecule has 0 aliphatic rings. The third-order valence-corrected chi connectivity index (χ3v) is 4.72. The van der Waals surface area contributed by atoms with E-state index in [0.29, 0.717) is 11.3 Å². The zero-order valence-electron chi connectivity index (χ0n) is 17.0. The predicted octanol–water partition coefficient (Wildman–Crippen LogP) is 3.02. The fraction of sp³-hybridized carbons (Fsp3) is 0.182. The standard InChI is InChI=1S/C22H22N4O5/c1-14(27)26-13-16(18-5-3-4-6-20(18)26)11-19(21(28)31-2)25-22(29)24-17-9-7-15(8-10-17)12-23-30/h3-10,12-13,19,30H,11H2,1-2H3,(H2,24,25,29). The van der Waals surface area contributed by atoms with Crippen molar-refractivity contribution < 1.29 is 24.3 Å². The van der Waals surface area contributed by atoms with Gasteiger partial charge >= 0.3 is 12.0 Å². The molecule has 0 radical (unpaired) electrons. The van der Waals surface area contributed by atoms with Crippen LogP contribution in [-0.4, -0.2) is 47.0 Å². The molecule has 9 heteroatoms. The third kappa shape index (κ3) is 5.08. The Bertz CT molecular complexity index is 1130. The van der Waals surface area contributed by atoms with Gasteiger partial charge in [-0.1, -0.05) is 35.5 Å². The van der Waals surface area contributed by atoms with Crippen molar-refractivity contribution in [3.05, 3.63) is 65.9 Å². The molecule has 3 rings (SSSR count). The van der Waals surface area contributed by atoms with E-state index in [0.717, 1.165) is 16.5 Å². The lowest BCUT2D eigenvalue weighted by molar-refractivity contribution is -0.142. The van der Waals surface area contributed by atoms with Crippen LogP contribution in [0.25, 0.3) is 10.9 Å². The molecule has 31 heavy (non-hydrogen) atoms. The van der Waals surface area contributed by atoms with Gasteiger partial charge in [0.25, 0.3) is 0 Å². The van der Waals surface area contributed by atoms with Crippen LogP contribution in [0.2, 0.25) is 0 Å². The third-order valence-electron chi connectivity index (χ3n) is 4.72. The van der Waals surface area contributed by atoms with E-state index in [1.54, 1.807) is 30.5 Å². The fourth-order valence-corrected chi connectivity index (χ4v) is 3.27. The minimum absolute atomic E-state index is 0.146. The summed E-state index contributed by atoms with van der Waals surface area (Å²) in [6.45, 7) is 1.46. The zero-order valence-corrected chi connectivity index (χ0v) is 17.0. The van der Waals surface area contributed by atoms with E-state index < -0.39 is 18.0 Å². The molecule has 0 saturated carbocycles. The maximum Gasteiger partial charge on any atom is 0.328 e. The van der Waals surface area contributed by atoms with Gasteiger partial charge in [0.05, 0.1) is 18.8 Å². The molecule has 1 atom stereocenters. The molecule has 160 valence electrons. The molecule has 0 aliphatic heterocycles. The lowest BCUT2D eigenvalue weighted by Crippen LogP contribution is -2.45. The summed E-state index contributed by atoms with van der Waals surface area (Å²) < 4.78 is 6.36. The number of carbonyl (C=O) groups is 3. The Morgan fingerprint density at radius 1 is 1.16 bits per heavy atom. The Labute approximate surface area is 178 Å². The molecule has 0 fully saturated rings.